The Hall–Kier alpha value is -3.89. The van der Waals surface area contributed by atoms with Gasteiger partial charge in [0, 0.05) is 44.6 Å². The number of alkyl halides is 2. The van der Waals surface area contributed by atoms with E-state index >= 15 is 0 Å². The van der Waals surface area contributed by atoms with Crippen LogP contribution in [0.5, 0.6) is 0 Å². The maximum Gasteiger partial charge on any atom is 0.320 e. The predicted octanol–water partition coefficient (Wildman–Crippen LogP) is 3.48. The van der Waals surface area contributed by atoms with Crippen molar-refractivity contribution in [3.05, 3.63) is 66.0 Å². The Kier molecular flexibility index (Phi) is 9.13. The van der Waals surface area contributed by atoms with Gasteiger partial charge in [-0.1, -0.05) is 49.2 Å². The third-order valence-electron chi connectivity index (χ3n) is 8.67. The van der Waals surface area contributed by atoms with E-state index in [1.807, 2.05) is 30.3 Å². The maximum atomic E-state index is 13.9. The van der Waals surface area contributed by atoms with Crippen molar-refractivity contribution in [3.8, 4) is 0 Å². The molecule has 2 aliphatic heterocycles. The fourth-order valence-corrected chi connectivity index (χ4v) is 6.40. The van der Waals surface area contributed by atoms with Crippen LogP contribution in [0.25, 0.3) is 0 Å². The first kappa shape index (κ1) is 29.6. The summed E-state index contributed by atoms with van der Waals surface area (Å²) in [6.07, 6.45) is 4.84. The fraction of sp³-hybridized carbons (Fsp3) is 0.516. The monoisotopic (exact) mass is 581 g/mol. The van der Waals surface area contributed by atoms with Crippen LogP contribution < -0.4 is 10.6 Å². The summed E-state index contributed by atoms with van der Waals surface area (Å²) in [6.45, 7) is -0.0835. The van der Waals surface area contributed by atoms with Crippen molar-refractivity contribution in [2.45, 2.75) is 82.0 Å². The SMILES string of the molecule is O=C(NCc1ccccn1)C(=O)[C@@H](Cc1ccccc1)NC(=O)[C@H]1CC2CCCCC2N1C(=O)N1CCC(F)(F)CC1. The summed E-state index contributed by atoms with van der Waals surface area (Å²) in [7, 11) is 0. The van der Waals surface area contributed by atoms with Crippen molar-refractivity contribution < 1.29 is 28.0 Å². The van der Waals surface area contributed by atoms with Gasteiger partial charge in [-0.3, -0.25) is 19.4 Å². The lowest BCUT2D eigenvalue weighted by molar-refractivity contribution is -0.140. The number of Topliss-reactive ketones (excluding diaryl/α,β-unsaturated/α-hetero) is 1. The smallest absolute Gasteiger partial charge is 0.320 e. The second-order valence-electron chi connectivity index (χ2n) is 11.5. The summed E-state index contributed by atoms with van der Waals surface area (Å²) in [5.74, 6) is -4.82. The molecule has 1 saturated carbocycles. The first-order valence-electron chi connectivity index (χ1n) is 14.7. The molecule has 5 rings (SSSR count). The molecule has 9 nitrogen and oxygen atoms in total. The number of nitrogens with zero attached hydrogens (tertiary/aromatic N) is 3. The molecule has 0 spiro atoms. The Labute approximate surface area is 244 Å². The molecule has 0 bridgehead atoms. The number of urea groups is 1. The van der Waals surface area contributed by atoms with Crippen molar-refractivity contribution in [2.75, 3.05) is 13.1 Å². The van der Waals surface area contributed by atoms with Gasteiger partial charge in [0.05, 0.1) is 12.2 Å². The van der Waals surface area contributed by atoms with Crippen molar-refractivity contribution in [3.63, 3.8) is 0 Å². The van der Waals surface area contributed by atoms with Gasteiger partial charge in [0.25, 0.3) is 11.8 Å². The lowest BCUT2D eigenvalue weighted by Gasteiger charge is -2.39. The first-order chi connectivity index (χ1) is 20.2. The Bertz CT molecular complexity index is 1270. The van der Waals surface area contributed by atoms with E-state index in [9.17, 15) is 28.0 Å². The minimum absolute atomic E-state index is 0.0561. The summed E-state index contributed by atoms with van der Waals surface area (Å²) in [4.78, 5) is 61.0. The number of nitrogens with one attached hydrogen (secondary N) is 2. The summed E-state index contributed by atoms with van der Waals surface area (Å²) in [6, 6.07) is 11.7. The number of fused-ring (bicyclic) bond motifs is 1. The number of halogens is 2. The topological polar surface area (TPSA) is 112 Å². The third kappa shape index (κ3) is 6.94. The minimum Gasteiger partial charge on any atom is -0.344 e. The lowest BCUT2D eigenvalue weighted by atomic mass is 9.84. The van der Waals surface area contributed by atoms with Gasteiger partial charge >= 0.3 is 6.03 Å². The summed E-state index contributed by atoms with van der Waals surface area (Å²) < 4.78 is 27.6. The van der Waals surface area contributed by atoms with Crippen molar-refractivity contribution >= 4 is 23.6 Å². The van der Waals surface area contributed by atoms with Crippen LogP contribution in [0.4, 0.5) is 13.6 Å². The minimum atomic E-state index is -2.80. The van der Waals surface area contributed by atoms with E-state index in [0.29, 0.717) is 12.1 Å². The molecule has 4 atom stereocenters. The van der Waals surface area contributed by atoms with Crippen LogP contribution in [0.1, 0.15) is 56.2 Å². The number of aromatic nitrogens is 1. The van der Waals surface area contributed by atoms with Gasteiger partial charge in [0.2, 0.25) is 11.7 Å². The summed E-state index contributed by atoms with van der Waals surface area (Å²) in [5.41, 5.74) is 1.34. The number of rotatable bonds is 8. The van der Waals surface area contributed by atoms with Crippen molar-refractivity contribution in [1.82, 2.24) is 25.4 Å². The molecule has 2 N–H and O–H groups in total. The van der Waals surface area contributed by atoms with E-state index in [4.69, 9.17) is 0 Å². The number of ketones is 1. The molecule has 2 aromatic rings. The molecule has 11 heteroatoms. The molecule has 4 amide bonds. The summed E-state index contributed by atoms with van der Waals surface area (Å²) >= 11 is 0. The molecule has 3 aliphatic rings. The van der Waals surface area contributed by atoms with Gasteiger partial charge in [0.15, 0.2) is 0 Å². The fourth-order valence-electron chi connectivity index (χ4n) is 6.40. The van der Waals surface area contributed by atoms with Gasteiger partial charge in [-0.05, 0) is 42.9 Å². The quantitative estimate of drug-likeness (QED) is 0.464. The Balaban J connectivity index is 1.33. The molecule has 1 aliphatic carbocycles. The van der Waals surface area contributed by atoms with Gasteiger partial charge < -0.3 is 20.4 Å². The Morgan fingerprint density at radius 2 is 1.69 bits per heavy atom. The highest BCUT2D eigenvalue weighted by molar-refractivity contribution is 6.38. The number of benzene rings is 1. The number of likely N-dealkylation sites (tertiary alicyclic amines) is 2. The average Bonchev–Trinajstić information content (AvgIpc) is 3.40. The van der Waals surface area contributed by atoms with Crippen LogP contribution in [0.15, 0.2) is 54.7 Å². The van der Waals surface area contributed by atoms with E-state index in [1.165, 1.54) is 4.90 Å². The first-order valence-corrected chi connectivity index (χ1v) is 14.7. The number of hydrogen-bond donors (Lipinski definition) is 2. The number of pyridine rings is 1. The molecule has 2 saturated heterocycles. The highest BCUT2D eigenvalue weighted by atomic mass is 19.3. The zero-order chi connectivity index (χ0) is 29.7. The van der Waals surface area contributed by atoms with Crippen LogP contribution in [-0.2, 0) is 27.3 Å². The lowest BCUT2D eigenvalue weighted by Crippen LogP contribution is -2.58. The standard InChI is InChI=1S/C31H37F2N5O4/c32-31(33)13-16-37(17-14-31)30(42)38-25-12-5-4-10-22(25)19-26(38)28(40)36-24(18-21-8-2-1-3-9-21)27(39)29(41)35-20-23-11-6-7-15-34-23/h1-3,6-9,11,15,22,24-26H,4-5,10,12-14,16-20H2,(H,35,41)(H,36,40)/t22?,24-,25?,26-/m1/s1. The molecule has 224 valence electrons. The molecule has 42 heavy (non-hydrogen) atoms. The van der Waals surface area contributed by atoms with Gasteiger partial charge in [0.1, 0.15) is 12.1 Å². The molecule has 2 unspecified atom stereocenters. The van der Waals surface area contributed by atoms with E-state index in [0.717, 1.165) is 31.2 Å². The second kappa shape index (κ2) is 13.0. The molecule has 1 aromatic heterocycles. The normalized spacial score (nSPS) is 23.9. The molecule has 1 aromatic carbocycles. The van der Waals surface area contributed by atoms with E-state index in [1.54, 1.807) is 29.3 Å². The number of hydrogen-bond acceptors (Lipinski definition) is 5. The maximum absolute atomic E-state index is 13.9. The van der Waals surface area contributed by atoms with Gasteiger partial charge in [-0.25, -0.2) is 13.6 Å². The van der Waals surface area contributed by atoms with Gasteiger partial charge in [-0.15, -0.1) is 0 Å². The number of amides is 4. The molecule has 3 heterocycles. The summed E-state index contributed by atoms with van der Waals surface area (Å²) in [5, 5.41) is 5.39. The van der Waals surface area contributed by atoms with Crippen LogP contribution in [0, 0.1) is 5.92 Å². The van der Waals surface area contributed by atoms with Crippen molar-refractivity contribution in [1.29, 1.82) is 0 Å². The third-order valence-corrected chi connectivity index (χ3v) is 8.67. The zero-order valence-corrected chi connectivity index (χ0v) is 23.5. The molecule has 0 radical (unpaired) electrons. The highest BCUT2D eigenvalue weighted by Gasteiger charge is 2.50. The molecular formula is C31H37F2N5O4. The van der Waals surface area contributed by atoms with Crippen LogP contribution in [-0.4, -0.2) is 75.6 Å². The molecular weight excluding hydrogens is 544 g/mol. The second-order valence-corrected chi connectivity index (χ2v) is 11.5. The zero-order valence-electron chi connectivity index (χ0n) is 23.5. The van der Waals surface area contributed by atoms with Crippen LogP contribution >= 0.6 is 0 Å². The van der Waals surface area contributed by atoms with E-state index < -0.39 is 54.5 Å². The van der Waals surface area contributed by atoms with Crippen LogP contribution in [0.2, 0.25) is 0 Å². The van der Waals surface area contributed by atoms with E-state index in [-0.39, 0.29) is 38.0 Å². The highest BCUT2D eigenvalue weighted by Crippen LogP contribution is 2.41. The number of carbonyl (C=O) groups excluding carboxylic acids is 4. The number of carbonyl (C=O) groups is 4. The van der Waals surface area contributed by atoms with Crippen molar-refractivity contribution in [2.24, 2.45) is 5.92 Å². The largest absolute Gasteiger partial charge is 0.344 e. The van der Waals surface area contributed by atoms with Gasteiger partial charge in [-0.2, -0.15) is 0 Å². The Morgan fingerprint density at radius 1 is 0.976 bits per heavy atom. The van der Waals surface area contributed by atoms with E-state index in [2.05, 4.69) is 15.6 Å². The molecule has 3 fully saturated rings. The average molecular weight is 582 g/mol. The Morgan fingerprint density at radius 3 is 2.40 bits per heavy atom. The number of piperidine rings is 1. The predicted molar refractivity (Wildman–Crippen MR) is 150 cm³/mol. The van der Waals surface area contributed by atoms with Crippen LogP contribution in [0.3, 0.4) is 0 Å².